The average molecular weight is 461 g/mol. The first-order chi connectivity index (χ1) is 16.4. The molecule has 0 aromatic heterocycles. The van der Waals surface area contributed by atoms with E-state index in [9.17, 15) is 9.59 Å². The minimum Gasteiger partial charge on any atom is -0.493 e. The number of nitrogens with one attached hydrogen (secondary N) is 1. The molecule has 7 nitrogen and oxygen atoms in total. The SMILES string of the molecule is COc1cc(C=NNC(=O)COc2cc(C(C)C)ccc2C)ccc1OC(=O)c1ccccc1. The van der Waals surface area contributed by atoms with Crippen LogP contribution in [0.5, 0.6) is 17.2 Å². The van der Waals surface area contributed by atoms with Crippen LogP contribution in [0.25, 0.3) is 0 Å². The Hall–Kier alpha value is -4.13. The standard InChI is InChI=1S/C27H28N2O5/c1-18(2)22-12-10-19(3)24(15-22)33-17-26(30)29-28-16-20-11-13-23(25(14-20)32-4)34-27(31)21-8-6-5-7-9-21/h5-16,18H,17H2,1-4H3,(H,29,30). The lowest BCUT2D eigenvalue weighted by Gasteiger charge is -2.12. The summed E-state index contributed by atoms with van der Waals surface area (Å²) in [7, 11) is 1.48. The molecule has 0 spiro atoms. The van der Waals surface area contributed by atoms with Crippen LogP contribution in [0.15, 0.2) is 71.8 Å². The molecule has 0 aliphatic carbocycles. The van der Waals surface area contributed by atoms with Crippen LogP contribution in [-0.4, -0.2) is 31.8 Å². The van der Waals surface area contributed by atoms with Gasteiger partial charge in [-0.25, -0.2) is 10.2 Å². The number of hydrazone groups is 1. The van der Waals surface area contributed by atoms with Gasteiger partial charge in [0.2, 0.25) is 0 Å². The van der Waals surface area contributed by atoms with Gasteiger partial charge in [0.15, 0.2) is 18.1 Å². The minimum atomic E-state index is -0.484. The summed E-state index contributed by atoms with van der Waals surface area (Å²) in [5.74, 6) is 0.823. The fourth-order valence-corrected chi connectivity index (χ4v) is 3.07. The van der Waals surface area contributed by atoms with Crippen LogP contribution in [0.4, 0.5) is 0 Å². The molecule has 0 saturated heterocycles. The van der Waals surface area contributed by atoms with E-state index in [-0.39, 0.29) is 18.3 Å². The number of aryl methyl sites for hydroxylation is 1. The molecule has 7 heteroatoms. The number of hydrogen-bond acceptors (Lipinski definition) is 6. The topological polar surface area (TPSA) is 86.2 Å². The predicted octanol–water partition coefficient (Wildman–Crippen LogP) is 4.88. The number of benzene rings is 3. The Morgan fingerprint density at radius 3 is 2.44 bits per heavy atom. The number of rotatable bonds is 9. The van der Waals surface area contributed by atoms with E-state index in [2.05, 4.69) is 30.4 Å². The summed E-state index contributed by atoms with van der Waals surface area (Å²) in [6.45, 7) is 5.98. The van der Waals surface area contributed by atoms with E-state index in [0.29, 0.717) is 28.5 Å². The summed E-state index contributed by atoms with van der Waals surface area (Å²) in [6, 6.07) is 19.6. The molecule has 3 rings (SSSR count). The predicted molar refractivity (Wildman–Crippen MR) is 131 cm³/mol. The summed E-state index contributed by atoms with van der Waals surface area (Å²) in [5.41, 5.74) is 5.63. The number of hydrogen-bond donors (Lipinski definition) is 1. The molecule has 0 unspecified atom stereocenters. The Balaban J connectivity index is 1.56. The first-order valence-corrected chi connectivity index (χ1v) is 10.9. The molecule has 0 heterocycles. The molecule has 1 amide bonds. The van der Waals surface area contributed by atoms with E-state index in [1.165, 1.54) is 13.3 Å². The maximum Gasteiger partial charge on any atom is 0.343 e. The van der Waals surface area contributed by atoms with Crippen LogP contribution < -0.4 is 19.6 Å². The van der Waals surface area contributed by atoms with Crippen molar-refractivity contribution in [1.82, 2.24) is 5.43 Å². The zero-order valence-corrected chi connectivity index (χ0v) is 19.7. The van der Waals surface area contributed by atoms with Crippen molar-refractivity contribution in [3.05, 3.63) is 89.0 Å². The summed E-state index contributed by atoms with van der Waals surface area (Å²) in [5, 5.41) is 3.97. The number of carbonyl (C=O) groups excluding carboxylic acids is 2. The normalized spacial score (nSPS) is 10.9. The van der Waals surface area contributed by atoms with Gasteiger partial charge in [-0.1, -0.05) is 44.2 Å². The monoisotopic (exact) mass is 460 g/mol. The van der Waals surface area contributed by atoms with Crippen molar-refractivity contribution in [2.75, 3.05) is 13.7 Å². The summed E-state index contributed by atoms with van der Waals surface area (Å²) < 4.78 is 16.4. The molecular weight excluding hydrogens is 432 g/mol. The van der Waals surface area contributed by atoms with Crippen molar-refractivity contribution in [3.63, 3.8) is 0 Å². The second-order valence-corrected chi connectivity index (χ2v) is 7.93. The third-order valence-electron chi connectivity index (χ3n) is 5.04. The Bertz CT molecular complexity index is 1170. The van der Waals surface area contributed by atoms with E-state index in [1.807, 2.05) is 25.1 Å². The van der Waals surface area contributed by atoms with Gasteiger partial charge in [0.25, 0.3) is 5.91 Å². The molecular formula is C27H28N2O5. The Kier molecular flexibility index (Phi) is 8.40. The molecule has 3 aromatic carbocycles. The highest BCUT2D eigenvalue weighted by molar-refractivity contribution is 5.91. The molecule has 0 aliphatic rings. The van der Waals surface area contributed by atoms with Gasteiger partial charge in [0, 0.05) is 0 Å². The summed E-state index contributed by atoms with van der Waals surface area (Å²) in [4.78, 5) is 24.4. The van der Waals surface area contributed by atoms with Gasteiger partial charge in [-0.05, 0) is 65.9 Å². The number of nitrogens with zero attached hydrogens (tertiary/aromatic N) is 1. The summed E-state index contributed by atoms with van der Waals surface area (Å²) >= 11 is 0. The Labute approximate surface area is 199 Å². The molecule has 34 heavy (non-hydrogen) atoms. The van der Waals surface area contributed by atoms with Gasteiger partial charge in [-0.2, -0.15) is 5.10 Å². The molecule has 0 radical (unpaired) electrons. The van der Waals surface area contributed by atoms with E-state index >= 15 is 0 Å². The molecule has 3 aromatic rings. The van der Waals surface area contributed by atoms with E-state index in [0.717, 1.165) is 11.1 Å². The van der Waals surface area contributed by atoms with Crippen LogP contribution in [0.2, 0.25) is 0 Å². The second kappa shape index (κ2) is 11.7. The van der Waals surface area contributed by atoms with Crippen LogP contribution in [0.1, 0.15) is 46.8 Å². The Morgan fingerprint density at radius 1 is 0.971 bits per heavy atom. The number of amides is 1. The van der Waals surface area contributed by atoms with Gasteiger partial charge < -0.3 is 14.2 Å². The zero-order valence-electron chi connectivity index (χ0n) is 19.7. The smallest absolute Gasteiger partial charge is 0.343 e. The van der Waals surface area contributed by atoms with Crippen molar-refractivity contribution < 1.29 is 23.8 Å². The lowest BCUT2D eigenvalue weighted by molar-refractivity contribution is -0.123. The van der Waals surface area contributed by atoms with E-state index < -0.39 is 5.97 Å². The lowest BCUT2D eigenvalue weighted by Crippen LogP contribution is -2.24. The van der Waals surface area contributed by atoms with Crippen LogP contribution >= 0.6 is 0 Å². The molecule has 0 fully saturated rings. The third-order valence-corrected chi connectivity index (χ3v) is 5.04. The zero-order chi connectivity index (χ0) is 24.5. The maximum absolute atomic E-state index is 12.3. The van der Waals surface area contributed by atoms with Crippen molar-refractivity contribution in [2.45, 2.75) is 26.7 Å². The second-order valence-electron chi connectivity index (χ2n) is 7.93. The molecule has 0 aliphatic heterocycles. The fourth-order valence-electron chi connectivity index (χ4n) is 3.07. The number of ether oxygens (including phenoxy) is 3. The summed E-state index contributed by atoms with van der Waals surface area (Å²) in [6.07, 6.45) is 1.47. The van der Waals surface area contributed by atoms with Crippen LogP contribution in [-0.2, 0) is 4.79 Å². The highest BCUT2D eigenvalue weighted by Gasteiger charge is 2.12. The van der Waals surface area contributed by atoms with Gasteiger partial charge in [-0.15, -0.1) is 0 Å². The largest absolute Gasteiger partial charge is 0.493 e. The molecule has 0 saturated carbocycles. The van der Waals surface area contributed by atoms with Crippen molar-refractivity contribution >= 4 is 18.1 Å². The van der Waals surface area contributed by atoms with E-state index in [4.69, 9.17) is 14.2 Å². The van der Waals surface area contributed by atoms with Crippen molar-refractivity contribution in [3.8, 4) is 17.2 Å². The van der Waals surface area contributed by atoms with Gasteiger partial charge in [0.1, 0.15) is 5.75 Å². The first-order valence-electron chi connectivity index (χ1n) is 10.9. The van der Waals surface area contributed by atoms with Crippen LogP contribution in [0, 0.1) is 6.92 Å². The minimum absolute atomic E-state index is 0.155. The van der Waals surface area contributed by atoms with Gasteiger partial charge in [-0.3, -0.25) is 4.79 Å². The Morgan fingerprint density at radius 2 is 1.74 bits per heavy atom. The van der Waals surface area contributed by atoms with Gasteiger partial charge >= 0.3 is 5.97 Å². The molecule has 0 atom stereocenters. The van der Waals surface area contributed by atoms with Crippen molar-refractivity contribution in [2.24, 2.45) is 5.10 Å². The molecule has 176 valence electrons. The number of methoxy groups -OCH3 is 1. The highest BCUT2D eigenvalue weighted by Crippen LogP contribution is 2.28. The quantitative estimate of drug-likeness (QED) is 0.213. The van der Waals surface area contributed by atoms with Crippen LogP contribution in [0.3, 0.4) is 0 Å². The maximum atomic E-state index is 12.3. The van der Waals surface area contributed by atoms with Crippen molar-refractivity contribution in [1.29, 1.82) is 0 Å². The lowest BCUT2D eigenvalue weighted by atomic mass is 10.0. The first kappa shape index (κ1) is 24.5. The van der Waals surface area contributed by atoms with Gasteiger partial charge in [0.05, 0.1) is 18.9 Å². The number of carbonyl (C=O) groups is 2. The molecule has 0 bridgehead atoms. The highest BCUT2D eigenvalue weighted by atomic mass is 16.6. The number of esters is 1. The average Bonchev–Trinajstić information content (AvgIpc) is 2.84. The fraction of sp³-hybridized carbons (Fsp3) is 0.222. The third kappa shape index (κ3) is 6.68. The molecule has 1 N–H and O–H groups in total. The van der Waals surface area contributed by atoms with E-state index in [1.54, 1.807) is 42.5 Å².